The van der Waals surface area contributed by atoms with Crippen LogP contribution in [-0.4, -0.2) is 53.3 Å². The largest absolute Gasteiger partial charge is 0.459 e. The van der Waals surface area contributed by atoms with E-state index in [2.05, 4.69) is 16.0 Å². The van der Waals surface area contributed by atoms with Gasteiger partial charge in [0.05, 0.1) is 18.0 Å². The molecule has 1 aliphatic heterocycles. The van der Waals surface area contributed by atoms with Crippen molar-refractivity contribution in [1.82, 2.24) is 15.5 Å². The minimum Gasteiger partial charge on any atom is -0.459 e. The van der Waals surface area contributed by atoms with Crippen molar-refractivity contribution in [3.63, 3.8) is 0 Å². The summed E-state index contributed by atoms with van der Waals surface area (Å²) in [6, 6.07) is 10.4. The molecule has 3 atom stereocenters. The third-order valence-electron chi connectivity index (χ3n) is 6.10. The van der Waals surface area contributed by atoms with Crippen LogP contribution in [0.2, 0.25) is 0 Å². The Hall–Kier alpha value is -4.74. The number of halogens is 2. The molecule has 1 saturated heterocycles. The van der Waals surface area contributed by atoms with Crippen molar-refractivity contribution in [2.24, 2.45) is 5.73 Å². The van der Waals surface area contributed by atoms with Gasteiger partial charge in [0, 0.05) is 19.0 Å². The van der Waals surface area contributed by atoms with Gasteiger partial charge in [0.1, 0.15) is 23.7 Å². The quantitative estimate of drug-likeness (QED) is 0.356. The fraction of sp³-hybridized carbons (Fsp3) is 0.231. The summed E-state index contributed by atoms with van der Waals surface area (Å²) in [6.45, 7) is 0.0768. The van der Waals surface area contributed by atoms with Crippen LogP contribution in [0.5, 0.6) is 0 Å². The number of nitrogens with zero attached hydrogens (tertiary/aromatic N) is 1. The van der Waals surface area contributed by atoms with Gasteiger partial charge < -0.3 is 31.0 Å². The van der Waals surface area contributed by atoms with Crippen molar-refractivity contribution in [1.29, 1.82) is 0 Å². The van der Waals surface area contributed by atoms with E-state index in [1.165, 1.54) is 23.3 Å². The predicted molar refractivity (Wildman–Crippen MR) is 132 cm³/mol. The maximum Gasteiger partial charge on any atom is 0.319 e. The first-order valence-corrected chi connectivity index (χ1v) is 11.7. The fourth-order valence-electron chi connectivity index (χ4n) is 4.28. The Morgan fingerprint density at radius 2 is 1.82 bits per heavy atom. The van der Waals surface area contributed by atoms with E-state index in [0.717, 1.165) is 17.7 Å². The van der Waals surface area contributed by atoms with E-state index in [4.69, 9.17) is 10.2 Å². The van der Waals surface area contributed by atoms with Crippen molar-refractivity contribution in [2.45, 2.75) is 31.0 Å². The zero-order valence-electron chi connectivity index (χ0n) is 20.0. The standard InChI is InChI=1S/C26H25F2N5O5/c27-16-8-9-18(17(28)14-16)31-26(37)32-19-10-11-33(25(36)21-7-4-12-38-21)22(19)24(35)30-20(23(29)34)13-15-5-2-1-3-6-15/h1-9,12,14,19-20,22H,10-11,13H2,(H2,29,34)(H,30,35)(H2,31,32,37). The van der Waals surface area contributed by atoms with Crippen molar-refractivity contribution in [3.8, 4) is 0 Å². The van der Waals surface area contributed by atoms with Gasteiger partial charge in [0.25, 0.3) is 5.91 Å². The van der Waals surface area contributed by atoms with Crippen LogP contribution in [0.3, 0.4) is 0 Å². The van der Waals surface area contributed by atoms with E-state index in [1.54, 1.807) is 30.3 Å². The summed E-state index contributed by atoms with van der Waals surface area (Å²) < 4.78 is 32.4. The van der Waals surface area contributed by atoms with E-state index in [9.17, 15) is 28.0 Å². The molecule has 198 valence electrons. The maximum absolute atomic E-state index is 14.0. The van der Waals surface area contributed by atoms with Crippen LogP contribution in [0, 0.1) is 11.6 Å². The van der Waals surface area contributed by atoms with Crippen molar-refractivity contribution in [3.05, 3.63) is 89.9 Å². The second kappa shape index (κ2) is 11.5. The maximum atomic E-state index is 14.0. The van der Waals surface area contributed by atoms with Crippen LogP contribution in [0.25, 0.3) is 0 Å². The number of carbonyl (C=O) groups is 4. The lowest BCUT2D eigenvalue weighted by atomic mass is 10.0. The molecular weight excluding hydrogens is 500 g/mol. The summed E-state index contributed by atoms with van der Waals surface area (Å²) in [5.41, 5.74) is 6.01. The molecule has 10 nitrogen and oxygen atoms in total. The molecule has 0 saturated carbocycles. The van der Waals surface area contributed by atoms with Gasteiger partial charge in [-0.3, -0.25) is 14.4 Å². The molecule has 0 radical (unpaired) electrons. The summed E-state index contributed by atoms with van der Waals surface area (Å²) >= 11 is 0. The highest BCUT2D eigenvalue weighted by Gasteiger charge is 2.44. The molecule has 0 aliphatic carbocycles. The molecule has 5 N–H and O–H groups in total. The number of nitrogens with two attached hydrogens (primary N) is 1. The minimum absolute atomic E-state index is 0.0166. The Morgan fingerprint density at radius 3 is 2.47 bits per heavy atom. The molecule has 3 unspecified atom stereocenters. The third-order valence-corrected chi connectivity index (χ3v) is 6.10. The van der Waals surface area contributed by atoms with Gasteiger partial charge in [-0.25, -0.2) is 13.6 Å². The summed E-state index contributed by atoms with van der Waals surface area (Å²) in [4.78, 5) is 52.5. The lowest BCUT2D eigenvalue weighted by Crippen LogP contribution is -2.58. The topological polar surface area (TPSA) is 147 Å². The molecule has 2 heterocycles. The number of anilines is 1. The summed E-state index contributed by atoms with van der Waals surface area (Å²) in [5.74, 6) is -3.91. The minimum atomic E-state index is -1.24. The van der Waals surface area contributed by atoms with Crippen molar-refractivity contribution >= 4 is 29.4 Å². The Bertz CT molecular complexity index is 1320. The Balaban J connectivity index is 1.53. The second-order valence-electron chi connectivity index (χ2n) is 8.69. The number of urea groups is 1. The lowest BCUT2D eigenvalue weighted by molar-refractivity contribution is -0.130. The fourth-order valence-corrected chi connectivity index (χ4v) is 4.28. The third kappa shape index (κ3) is 6.14. The Kier molecular flexibility index (Phi) is 8.00. The molecule has 1 aromatic heterocycles. The van der Waals surface area contributed by atoms with Crippen molar-refractivity contribution < 1.29 is 32.4 Å². The van der Waals surface area contributed by atoms with Gasteiger partial charge in [-0.2, -0.15) is 0 Å². The SMILES string of the molecule is NC(=O)C(Cc1ccccc1)NC(=O)C1C(NC(=O)Nc2ccc(F)cc2F)CCN1C(=O)c1ccco1. The summed E-state index contributed by atoms with van der Waals surface area (Å²) in [5, 5.41) is 7.43. The van der Waals surface area contributed by atoms with Gasteiger partial charge in [-0.05, 0) is 36.2 Å². The van der Waals surface area contributed by atoms with Gasteiger partial charge in [0.15, 0.2) is 5.76 Å². The van der Waals surface area contributed by atoms with Crippen LogP contribution in [0.1, 0.15) is 22.5 Å². The first-order valence-electron chi connectivity index (χ1n) is 11.7. The van der Waals surface area contributed by atoms with E-state index in [1.807, 2.05) is 0 Å². The summed E-state index contributed by atoms with van der Waals surface area (Å²) in [6.07, 6.45) is 1.59. The normalized spacial score (nSPS) is 17.5. The number of likely N-dealkylation sites (tertiary alicyclic amines) is 1. The highest BCUT2D eigenvalue weighted by atomic mass is 19.1. The molecule has 1 aliphatic rings. The van der Waals surface area contributed by atoms with Gasteiger partial charge in [-0.1, -0.05) is 30.3 Å². The highest BCUT2D eigenvalue weighted by Crippen LogP contribution is 2.23. The molecule has 0 spiro atoms. The number of rotatable bonds is 8. The first kappa shape index (κ1) is 26.3. The van der Waals surface area contributed by atoms with Crippen LogP contribution >= 0.6 is 0 Å². The average Bonchev–Trinajstić information content (AvgIpc) is 3.56. The Morgan fingerprint density at radius 1 is 1.05 bits per heavy atom. The molecule has 5 amide bonds. The summed E-state index contributed by atoms with van der Waals surface area (Å²) in [7, 11) is 0. The van der Waals surface area contributed by atoms with Gasteiger partial charge >= 0.3 is 6.03 Å². The van der Waals surface area contributed by atoms with E-state index >= 15 is 0 Å². The van der Waals surface area contributed by atoms with Crippen LogP contribution in [0.15, 0.2) is 71.3 Å². The van der Waals surface area contributed by atoms with E-state index in [0.29, 0.717) is 6.07 Å². The molecule has 12 heteroatoms. The number of primary amides is 1. The monoisotopic (exact) mass is 525 g/mol. The van der Waals surface area contributed by atoms with E-state index in [-0.39, 0.29) is 30.8 Å². The highest BCUT2D eigenvalue weighted by molar-refractivity contribution is 5.98. The number of benzene rings is 2. The molecule has 38 heavy (non-hydrogen) atoms. The molecule has 3 aromatic rings. The first-order chi connectivity index (χ1) is 18.2. The zero-order chi connectivity index (χ0) is 27.2. The van der Waals surface area contributed by atoms with Crippen LogP contribution in [0.4, 0.5) is 19.3 Å². The number of amides is 5. The lowest BCUT2D eigenvalue weighted by Gasteiger charge is -2.28. The predicted octanol–water partition coefficient (Wildman–Crippen LogP) is 2.18. The Labute approximate surface area is 216 Å². The van der Waals surface area contributed by atoms with E-state index < -0.39 is 53.5 Å². The van der Waals surface area contributed by atoms with Gasteiger partial charge in [-0.15, -0.1) is 0 Å². The number of hydrogen-bond acceptors (Lipinski definition) is 5. The molecular formula is C26H25F2N5O5. The van der Waals surface area contributed by atoms with Crippen molar-refractivity contribution in [2.75, 3.05) is 11.9 Å². The zero-order valence-corrected chi connectivity index (χ0v) is 20.0. The van der Waals surface area contributed by atoms with Crippen LogP contribution < -0.4 is 21.7 Å². The van der Waals surface area contributed by atoms with Gasteiger partial charge in [0.2, 0.25) is 11.8 Å². The molecule has 1 fully saturated rings. The molecule has 4 rings (SSSR count). The smallest absolute Gasteiger partial charge is 0.319 e. The molecule has 2 aromatic carbocycles. The number of nitrogens with one attached hydrogen (secondary N) is 3. The average molecular weight is 526 g/mol. The number of furan rings is 1. The number of carbonyl (C=O) groups excluding carboxylic acids is 4. The molecule has 0 bridgehead atoms. The number of hydrogen-bond donors (Lipinski definition) is 4. The second-order valence-corrected chi connectivity index (χ2v) is 8.69. The van der Waals surface area contributed by atoms with Crippen LogP contribution in [-0.2, 0) is 16.0 Å².